The molecular weight excluding hydrogens is 392 g/mol. The second-order valence-electron chi connectivity index (χ2n) is 9.19. The van der Waals surface area contributed by atoms with E-state index in [1.165, 1.54) is 33.6 Å². The van der Waals surface area contributed by atoms with E-state index in [9.17, 15) is 0 Å². The highest BCUT2D eigenvalue weighted by molar-refractivity contribution is 5.66. The van der Waals surface area contributed by atoms with Crippen molar-refractivity contribution in [2.75, 3.05) is 31.1 Å². The SMILES string of the molecule is Cc1cccc(-c2ccc(Cc3ccc(N4CCN(C(C)C)CC4)cc3)c3nccn23)c1. The molecule has 5 rings (SSSR count). The third-order valence-corrected chi connectivity index (χ3v) is 6.68. The maximum absolute atomic E-state index is 4.69. The lowest BCUT2D eigenvalue weighted by atomic mass is 10.0. The van der Waals surface area contributed by atoms with Crippen LogP contribution >= 0.6 is 0 Å². The smallest absolute Gasteiger partial charge is 0.140 e. The van der Waals surface area contributed by atoms with Crippen molar-refractivity contribution in [3.63, 3.8) is 0 Å². The first-order chi connectivity index (χ1) is 15.6. The van der Waals surface area contributed by atoms with Gasteiger partial charge in [-0.25, -0.2) is 4.98 Å². The van der Waals surface area contributed by atoms with Crippen molar-refractivity contribution in [3.8, 4) is 11.3 Å². The molecule has 0 atom stereocenters. The molecule has 0 unspecified atom stereocenters. The minimum Gasteiger partial charge on any atom is -0.369 e. The normalized spacial score (nSPS) is 15.1. The van der Waals surface area contributed by atoms with Crippen molar-refractivity contribution >= 4 is 11.3 Å². The zero-order valence-electron chi connectivity index (χ0n) is 19.3. The van der Waals surface area contributed by atoms with Gasteiger partial charge in [0.1, 0.15) is 5.65 Å². The quantitative estimate of drug-likeness (QED) is 0.427. The van der Waals surface area contributed by atoms with Gasteiger partial charge in [-0.2, -0.15) is 0 Å². The monoisotopic (exact) mass is 424 g/mol. The molecule has 0 spiro atoms. The van der Waals surface area contributed by atoms with Gasteiger partial charge in [0, 0.05) is 56.7 Å². The van der Waals surface area contributed by atoms with Crippen LogP contribution in [0.5, 0.6) is 0 Å². The van der Waals surface area contributed by atoms with Gasteiger partial charge in [0.25, 0.3) is 0 Å². The molecule has 2 aromatic heterocycles. The van der Waals surface area contributed by atoms with E-state index in [-0.39, 0.29) is 0 Å². The molecule has 1 fully saturated rings. The summed E-state index contributed by atoms with van der Waals surface area (Å²) in [6, 6.07) is 22.9. The van der Waals surface area contributed by atoms with Crippen LogP contribution in [0.2, 0.25) is 0 Å². The molecule has 1 saturated heterocycles. The maximum Gasteiger partial charge on any atom is 0.140 e. The number of benzene rings is 2. The third-order valence-electron chi connectivity index (χ3n) is 6.68. The molecule has 4 heteroatoms. The van der Waals surface area contributed by atoms with Crippen molar-refractivity contribution < 1.29 is 0 Å². The second kappa shape index (κ2) is 8.79. The van der Waals surface area contributed by atoms with Gasteiger partial charge in [0.15, 0.2) is 0 Å². The van der Waals surface area contributed by atoms with Gasteiger partial charge in [0.2, 0.25) is 0 Å². The van der Waals surface area contributed by atoms with Crippen LogP contribution in [-0.2, 0) is 6.42 Å². The summed E-state index contributed by atoms with van der Waals surface area (Å²) in [6.07, 6.45) is 4.85. The summed E-state index contributed by atoms with van der Waals surface area (Å²) in [6.45, 7) is 11.2. The van der Waals surface area contributed by atoms with E-state index in [2.05, 4.69) is 107 Å². The van der Waals surface area contributed by atoms with Crippen LogP contribution in [0, 0.1) is 6.92 Å². The van der Waals surface area contributed by atoms with Gasteiger partial charge < -0.3 is 4.90 Å². The number of pyridine rings is 1. The molecule has 0 saturated carbocycles. The van der Waals surface area contributed by atoms with Crippen molar-refractivity contribution in [1.29, 1.82) is 0 Å². The lowest BCUT2D eigenvalue weighted by Crippen LogP contribution is -2.48. The largest absolute Gasteiger partial charge is 0.369 e. The number of aromatic nitrogens is 2. The lowest BCUT2D eigenvalue weighted by molar-refractivity contribution is 0.209. The summed E-state index contributed by atoms with van der Waals surface area (Å²) in [7, 11) is 0. The molecule has 32 heavy (non-hydrogen) atoms. The fourth-order valence-electron chi connectivity index (χ4n) is 4.79. The number of aryl methyl sites for hydroxylation is 1. The molecule has 3 heterocycles. The van der Waals surface area contributed by atoms with Gasteiger partial charge in [-0.05, 0) is 61.7 Å². The number of hydrogen-bond donors (Lipinski definition) is 0. The molecular formula is C28H32N4. The fourth-order valence-corrected chi connectivity index (χ4v) is 4.79. The first-order valence-electron chi connectivity index (χ1n) is 11.7. The van der Waals surface area contributed by atoms with E-state index >= 15 is 0 Å². The van der Waals surface area contributed by atoms with E-state index in [1.807, 2.05) is 6.20 Å². The summed E-state index contributed by atoms with van der Waals surface area (Å²) >= 11 is 0. The van der Waals surface area contributed by atoms with Crippen molar-refractivity contribution in [3.05, 3.63) is 89.7 Å². The number of anilines is 1. The van der Waals surface area contributed by atoms with Crippen LogP contribution < -0.4 is 4.90 Å². The summed E-state index contributed by atoms with van der Waals surface area (Å²) < 4.78 is 2.21. The predicted molar refractivity (Wildman–Crippen MR) is 134 cm³/mol. The molecule has 0 amide bonds. The van der Waals surface area contributed by atoms with E-state index in [4.69, 9.17) is 0 Å². The predicted octanol–water partition coefficient (Wildman–Crippen LogP) is 5.43. The van der Waals surface area contributed by atoms with Crippen LogP contribution in [0.3, 0.4) is 0 Å². The zero-order chi connectivity index (χ0) is 22.1. The minimum absolute atomic E-state index is 0.635. The molecule has 2 aromatic carbocycles. The summed E-state index contributed by atoms with van der Waals surface area (Å²) in [4.78, 5) is 9.75. The topological polar surface area (TPSA) is 23.8 Å². The molecule has 164 valence electrons. The van der Waals surface area contributed by atoms with Crippen molar-refractivity contribution in [2.24, 2.45) is 0 Å². The standard InChI is InChI=1S/C28H32N4/c1-21(2)30-15-17-31(18-16-30)26-10-7-23(8-11-26)20-25-9-12-27(32-14-13-29-28(25)32)24-6-4-5-22(3)19-24/h4-14,19,21H,15-18,20H2,1-3H3. The van der Waals surface area contributed by atoms with Crippen molar-refractivity contribution in [1.82, 2.24) is 14.3 Å². The average molecular weight is 425 g/mol. The lowest BCUT2D eigenvalue weighted by Gasteiger charge is -2.38. The minimum atomic E-state index is 0.635. The Bertz CT molecular complexity index is 1200. The molecule has 0 bridgehead atoms. The Kier molecular flexibility index (Phi) is 5.71. The number of rotatable bonds is 5. The summed E-state index contributed by atoms with van der Waals surface area (Å²) in [5, 5.41) is 0. The van der Waals surface area contributed by atoms with Gasteiger partial charge >= 0.3 is 0 Å². The number of piperazine rings is 1. The number of imidazole rings is 1. The first-order valence-corrected chi connectivity index (χ1v) is 11.7. The van der Waals surface area contributed by atoms with Gasteiger partial charge in [0.05, 0.1) is 5.69 Å². The van der Waals surface area contributed by atoms with E-state index in [0.717, 1.165) is 38.2 Å². The first kappa shape index (κ1) is 20.8. The Balaban J connectivity index is 1.34. The molecule has 1 aliphatic rings. The number of hydrogen-bond acceptors (Lipinski definition) is 3. The van der Waals surface area contributed by atoms with Crippen LogP contribution in [0.15, 0.2) is 73.1 Å². The average Bonchev–Trinajstić information content (AvgIpc) is 3.30. The molecule has 4 nitrogen and oxygen atoms in total. The highest BCUT2D eigenvalue weighted by Crippen LogP contribution is 2.26. The molecule has 0 radical (unpaired) electrons. The van der Waals surface area contributed by atoms with Gasteiger partial charge in [-0.1, -0.05) is 42.0 Å². The van der Waals surface area contributed by atoms with Gasteiger partial charge in [-0.3, -0.25) is 9.30 Å². The molecule has 0 N–H and O–H groups in total. The number of nitrogens with zero attached hydrogens (tertiary/aromatic N) is 4. The fraction of sp³-hybridized carbons (Fsp3) is 0.321. The van der Waals surface area contributed by atoms with Crippen LogP contribution in [0.4, 0.5) is 5.69 Å². The van der Waals surface area contributed by atoms with E-state index in [1.54, 1.807) is 0 Å². The highest BCUT2D eigenvalue weighted by atomic mass is 15.3. The van der Waals surface area contributed by atoms with Crippen LogP contribution in [0.1, 0.15) is 30.5 Å². The van der Waals surface area contributed by atoms with Crippen LogP contribution in [-0.4, -0.2) is 46.5 Å². The molecule has 0 aliphatic carbocycles. The third kappa shape index (κ3) is 4.15. The van der Waals surface area contributed by atoms with E-state index < -0.39 is 0 Å². The Morgan fingerprint density at radius 1 is 0.906 bits per heavy atom. The van der Waals surface area contributed by atoms with Crippen molar-refractivity contribution in [2.45, 2.75) is 33.2 Å². The van der Waals surface area contributed by atoms with Gasteiger partial charge in [-0.15, -0.1) is 0 Å². The maximum atomic E-state index is 4.69. The Morgan fingerprint density at radius 2 is 1.69 bits per heavy atom. The Labute approximate surface area is 191 Å². The Hall–Kier alpha value is -3.11. The second-order valence-corrected chi connectivity index (χ2v) is 9.19. The molecule has 4 aromatic rings. The number of fused-ring (bicyclic) bond motifs is 1. The van der Waals surface area contributed by atoms with E-state index in [0.29, 0.717) is 6.04 Å². The van der Waals surface area contributed by atoms with Crippen LogP contribution in [0.25, 0.3) is 16.9 Å². The highest BCUT2D eigenvalue weighted by Gasteiger charge is 2.19. The zero-order valence-corrected chi connectivity index (χ0v) is 19.3. The molecule has 1 aliphatic heterocycles. The summed E-state index contributed by atoms with van der Waals surface area (Å²) in [5.74, 6) is 0. The summed E-state index contributed by atoms with van der Waals surface area (Å²) in [5.41, 5.74) is 8.62. The Morgan fingerprint density at radius 3 is 2.41 bits per heavy atom.